The van der Waals surface area contributed by atoms with Crippen LogP contribution in [0.2, 0.25) is 0 Å². The van der Waals surface area contributed by atoms with E-state index in [2.05, 4.69) is 30.5 Å². The molecule has 13 heavy (non-hydrogen) atoms. The third kappa shape index (κ3) is 4.73. The fourth-order valence-electron chi connectivity index (χ4n) is 1.25. The van der Waals surface area contributed by atoms with Gasteiger partial charge in [-0.1, -0.05) is 13.0 Å². The van der Waals surface area contributed by atoms with E-state index in [1.807, 2.05) is 0 Å². The molecule has 2 nitrogen and oxygen atoms in total. The van der Waals surface area contributed by atoms with E-state index in [0.717, 1.165) is 44.7 Å². The van der Waals surface area contributed by atoms with Gasteiger partial charge in [0.25, 0.3) is 0 Å². The van der Waals surface area contributed by atoms with Crippen LogP contribution in [0, 0.1) is 0 Å². The Kier molecular flexibility index (Phi) is 5.34. The largest absolute Gasteiger partial charge is 0.494 e. The van der Waals surface area contributed by atoms with Crippen LogP contribution in [0.25, 0.3) is 0 Å². The highest BCUT2D eigenvalue weighted by Gasteiger charge is 1.98. The van der Waals surface area contributed by atoms with Gasteiger partial charge in [0, 0.05) is 0 Å². The number of hydrogen-bond acceptors (Lipinski definition) is 2. The van der Waals surface area contributed by atoms with Crippen molar-refractivity contribution in [1.29, 1.82) is 0 Å². The molecule has 0 amide bonds. The number of ether oxygens (including phenoxy) is 1. The van der Waals surface area contributed by atoms with Crippen LogP contribution < -0.4 is 5.32 Å². The van der Waals surface area contributed by atoms with Gasteiger partial charge in [-0.2, -0.15) is 0 Å². The molecule has 0 unspecified atom stereocenters. The zero-order valence-electron chi connectivity index (χ0n) is 8.38. The molecule has 0 aromatic carbocycles. The van der Waals surface area contributed by atoms with E-state index in [0.29, 0.717) is 0 Å². The zero-order chi connectivity index (χ0) is 9.36. The van der Waals surface area contributed by atoms with Crippen LogP contribution in [0.4, 0.5) is 0 Å². The Hall–Kier alpha value is -0.760. The molecule has 0 saturated heterocycles. The monoisotopic (exact) mass is 181 g/mol. The van der Waals surface area contributed by atoms with Crippen LogP contribution in [-0.2, 0) is 4.74 Å². The zero-order valence-corrected chi connectivity index (χ0v) is 8.38. The first-order valence-electron chi connectivity index (χ1n) is 5.13. The third-order valence-electron chi connectivity index (χ3n) is 1.98. The second-order valence-electron chi connectivity index (χ2n) is 3.14. The molecule has 1 rings (SSSR count). The van der Waals surface area contributed by atoms with Crippen LogP contribution in [0.5, 0.6) is 0 Å². The van der Waals surface area contributed by atoms with Gasteiger partial charge in [0.05, 0.1) is 6.61 Å². The van der Waals surface area contributed by atoms with Crippen LogP contribution >= 0.6 is 0 Å². The van der Waals surface area contributed by atoms with Gasteiger partial charge in [-0.3, -0.25) is 0 Å². The van der Waals surface area contributed by atoms with Gasteiger partial charge in [-0.05, 0) is 44.5 Å². The van der Waals surface area contributed by atoms with E-state index in [4.69, 9.17) is 4.74 Å². The van der Waals surface area contributed by atoms with E-state index in [1.54, 1.807) is 0 Å². The molecule has 0 spiro atoms. The molecule has 0 fully saturated rings. The average Bonchev–Trinajstić information content (AvgIpc) is 2.19. The van der Waals surface area contributed by atoms with Gasteiger partial charge < -0.3 is 10.1 Å². The molecule has 0 aliphatic carbocycles. The van der Waals surface area contributed by atoms with Crippen LogP contribution in [0.15, 0.2) is 24.0 Å². The summed E-state index contributed by atoms with van der Waals surface area (Å²) in [6, 6.07) is 0. The van der Waals surface area contributed by atoms with Crippen molar-refractivity contribution in [3.05, 3.63) is 24.0 Å². The van der Waals surface area contributed by atoms with Crippen molar-refractivity contribution in [2.45, 2.75) is 26.2 Å². The third-order valence-corrected chi connectivity index (χ3v) is 1.98. The molecule has 0 aromatic heterocycles. The lowest BCUT2D eigenvalue weighted by Gasteiger charge is -2.11. The molecule has 1 aliphatic heterocycles. The fraction of sp³-hybridized carbons (Fsp3) is 0.636. The number of allylic oxidation sites excluding steroid dienone is 2. The van der Waals surface area contributed by atoms with Gasteiger partial charge >= 0.3 is 0 Å². The van der Waals surface area contributed by atoms with E-state index in [-0.39, 0.29) is 0 Å². The van der Waals surface area contributed by atoms with Gasteiger partial charge in [-0.15, -0.1) is 0 Å². The molecular weight excluding hydrogens is 162 g/mol. The van der Waals surface area contributed by atoms with Gasteiger partial charge in [-0.25, -0.2) is 0 Å². The molecule has 0 radical (unpaired) electrons. The highest BCUT2D eigenvalue weighted by atomic mass is 16.5. The maximum atomic E-state index is 5.44. The Balaban J connectivity index is 2.11. The fourth-order valence-corrected chi connectivity index (χ4v) is 1.25. The smallest absolute Gasteiger partial charge is 0.114 e. The molecule has 0 aromatic rings. The van der Waals surface area contributed by atoms with Crippen molar-refractivity contribution >= 4 is 0 Å². The molecule has 1 aliphatic rings. The lowest BCUT2D eigenvalue weighted by atomic mass is 10.2. The summed E-state index contributed by atoms with van der Waals surface area (Å²) in [4.78, 5) is 0. The summed E-state index contributed by atoms with van der Waals surface area (Å²) in [5, 5.41) is 3.27. The first-order valence-corrected chi connectivity index (χ1v) is 5.13. The minimum absolute atomic E-state index is 0.878. The van der Waals surface area contributed by atoms with Gasteiger partial charge in [0.1, 0.15) is 5.76 Å². The molecule has 0 atom stereocenters. The van der Waals surface area contributed by atoms with Crippen molar-refractivity contribution in [2.75, 3.05) is 19.7 Å². The quantitative estimate of drug-likeness (QED) is 0.657. The Morgan fingerprint density at radius 2 is 2.54 bits per heavy atom. The topological polar surface area (TPSA) is 21.3 Å². The van der Waals surface area contributed by atoms with Crippen molar-refractivity contribution < 1.29 is 4.74 Å². The van der Waals surface area contributed by atoms with Crippen LogP contribution in [0.1, 0.15) is 26.2 Å². The summed E-state index contributed by atoms with van der Waals surface area (Å²) < 4.78 is 5.44. The normalized spacial score (nSPS) is 17.2. The Bertz CT molecular complexity index is 185. The lowest BCUT2D eigenvalue weighted by molar-refractivity contribution is 0.206. The van der Waals surface area contributed by atoms with E-state index in [9.17, 15) is 0 Å². The van der Waals surface area contributed by atoms with Crippen molar-refractivity contribution in [1.82, 2.24) is 5.32 Å². The first kappa shape index (κ1) is 10.3. The first-order chi connectivity index (χ1) is 6.43. The minimum Gasteiger partial charge on any atom is -0.494 e. The predicted molar refractivity (Wildman–Crippen MR) is 55.6 cm³/mol. The molecule has 0 bridgehead atoms. The van der Waals surface area contributed by atoms with Crippen LogP contribution in [0.3, 0.4) is 0 Å². The standard InChI is InChI=1S/C11H19NO/c1-2-12-9-5-3-7-11-8-4-6-10-13-11/h3,7-8,12H,2,4-6,9-10H2,1H3/b7-3+. The Morgan fingerprint density at radius 3 is 3.23 bits per heavy atom. The number of nitrogens with one attached hydrogen (secondary N) is 1. The molecule has 0 saturated carbocycles. The van der Waals surface area contributed by atoms with Gasteiger partial charge in [0.2, 0.25) is 0 Å². The van der Waals surface area contributed by atoms with Crippen molar-refractivity contribution in [2.24, 2.45) is 0 Å². The summed E-state index contributed by atoms with van der Waals surface area (Å²) in [6.45, 7) is 5.10. The van der Waals surface area contributed by atoms with E-state index >= 15 is 0 Å². The summed E-state index contributed by atoms with van der Waals surface area (Å²) in [5.41, 5.74) is 0. The van der Waals surface area contributed by atoms with E-state index in [1.165, 1.54) is 0 Å². The highest BCUT2D eigenvalue weighted by Crippen LogP contribution is 2.10. The Labute approximate surface area is 80.7 Å². The second kappa shape index (κ2) is 6.72. The second-order valence-corrected chi connectivity index (χ2v) is 3.14. The highest BCUT2D eigenvalue weighted by molar-refractivity contribution is 5.13. The summed E-state index contributed by atoms with van der Waals surface area (Å²) >= 11 is 0. The van der Waals surface area contributed by atoms with E-state index < -0.39 is 0 Å². The van der Waals surface area contributed by atoms with Gasteiger partial charge in [0.15, 0.2) is 0 Å². The minimum atomic E-state index is 0.878. The lowest BCUT2D eigenvalue weighted by Crippen LogP contribution is -2.12. The maximum absolute atomic E-state index is 5.44. The maximum Gasteiger partial charge on any atom is 0.114 e. The molecular formula is C11H19NO. The summed E-state index contributed by atoms with van der Waals surface area (Å²) in [7, 11) is 0. The summed E-state index contributed by atoms with van der Waals surface area (Å²) in [6.07, 6.45) is 9.81. The van der Waals surface area contributed by atoms with Crippen molar-refractivity contribution in [3.63, 3.8) is 0 Å². The molecule has 1 N–H and O–H groups in total. The number of hydrogen-bond donors (Lipinski definition) is 1. The van der Waals surface area contributed by atoms with Crippen LogP contribution in [-0.4, -0.2) is 19.7 Å². The number of rotatable bonds is 5. The van der Waals surface area contributed by atoms with Crippen molar-refractivity contribution in [3.8, 4) is 0 Å². The average molecular weight is 181 g/mol. The summed E-state index contributed by atoms with van der Waals surface area (Å²) in [5.74, 6) is 1.04. The predicted octanol–water partition coefficient (Wildman–Crippen LogP) is 2.24. The molecule has 2 heteroatoms. The SMILES string of the molecule is CCNCC/C=C/C1=CCCCO1. The molecule has 1 heterocycles. The Morgan fingerprint density at radius 1 is 1.62 bits per heavy atom. The molecule has 74 valence electrons.